The minimum absolute atomic E-state index is 0.105. The lowest BCUT2D eigenvalue weighted by Crippen LogP contribution is -2.45. The van der Waals surface area contributed by atoms with Gasteiger partial charge in [-0.15, -0.1) is 0 Å². The van der Waals surface area contributed by atoms with Gasteiger partial charge in [0.05, 0.1) is 35.8 Å². The number of anilines is 1. The Morgan fingerprint density at radius 2 is 1.97 bits per heavy atom. The van der Waals surface area contributed by atoms with Crippen molar-refractivity contribution >= 4 is 16.7 Å². The number of aromatic nitrogens is 4. The zero-order valence-electron chi connectivity index (χ0n) is 18.0. The van der Waals surface area contributed by atoms with E-state index in [0.29, 0.717) is 35.8 Å². The molecule has 1 spiro atoms. The molecule has 7 nitrogen and oxygen atoms in total. The van der Waals surface area contributed by atoms with Crippen LogP contribution in [0.2, 0.25) is 0 Å². The van der Waals surface area contributed by atoms with Crippen LogP contribution in [0, 0.1) is 23.7 Å². The van der Waals surface area contributed by atoms with Crippen molar-refractivity contribution in [3.05, 3.63) is 41.9 Å². The third-order valence-electron chi connectivity index (χ3n) is 7.51. The van der Waals surface area contributed by atoms with Crippen LogP contribution in [-0.2, 0) is 5.41 Å². The molecule has 3 heterocycles. The van der Waals surface area contributed by atoms with Crippen LogP contribution in [0.15, 0.2) is 30.5 Å². The van der Waals surface area contributed by atoms with E-state index in [1.165, 1.54) is 12.8 Å². The summed E-state index contributed by atoms with van der Waals surface area (Å²) in [4.78, 5) is 10.9. The van der Waals surface area contributed by atoms with Crippen LogP contribution in [0.5, 0.6) is 0 Å². The van der Waals surface area contributed by atoms with E-state index in [2.05, 4.69) is 33.3 Å². The summed E-state index contributed by atoms with van der Waals surface area (Å²) in [6, 6.07) is 10.6. The van der Waals surface area contributed by atoms with E-state index in [1.54, 1.807) is 10.9 Å². The van der Waals surface area contributed by atoms with E-state index in [1.807, 2.05) is 24.0 Å². The van der Waals surface area contributed by atoms with Crippen molar-refractivity contribution in [3.63, 3.8) is 0 Å². The summed E-state index contributed by atoms with van der Waals surface area (Å²) in [5, 5.41) is 25.2. The van der Waals surface area contributed by atoms with Gasteiger partial charge in [-0.3, -0.25) is 0 Å². The number of alkyl halides is 1. The topological polar surface area (TPSA) is 90.9 Å². The van der Waals surface area contributed by atoms with Crippen LogP contribution in [0.25, 0.3) is 16.7 Å². The number of aryl methyl sites for hydroxylation is 1. The fraction of sp³-hybridized carbons (Fsp3) is 0.500. The Kier molecular flexibility index (Phi) is 4.12. The van der Waals surface area contributed by atoms with Gasteiger partial charge in [0.2, 0.25) is 0 Å². The van der Waals surface area contributed by atoms with Crippen LogP contribution < -0.4 is 4.90 Å². The minimum atomic E-state index is -1.30. The number of aliphatic hydroxyl groups excluding tert-OH is 1. The molecule has 2 aliphatic carbocycles. The van der Waals surface area contributed by atoms with Crippen molar-refractivity contribution in [2.45, 2.75) is 56.7 Å². The molecule has 0 bridgehead atoms. The van der Waals surface area contributed by atoms with Gasteiger partial charge in [0.25, 0.3) is 0 Å². The molecular formula is C24H25FN6O. The minimum Gasteiger partial charge on any atom is -0.390 e. The molecule has 1 N–H and O–H groups in total. The molecule has 2 aromatic heterocycles. The number of nitrogens with zero attached hydrogens (tertiary/aromatic N) is 6. The number of benzene rings is 1. The lowest BCUT2D eigenvalue weighted by Gasteiger charge is -2.44. The maximum absolute atomic E-state index is 14.1. The van der Waals surface area contributed by atoms with Crippen molar-refractivity contribution in [1.82, 2.24) is 19.7 Å². The number of aliphatic hydroxyl groups is 1. The van der Waals surface area contributed by atoms with Crippen molar-refractivity contribution in [2.24, 2.45) is 5.41 Å². The maximum atomic E-state index is 14.1. The molecule has 2 saturated carbocycles. The van der Waals surface area contributed by atoms with E-state index in [0.717, 1.165) is 29.3 Å². The quantitative estimate of drug-likeness (QED) is 0.682. The highest BCUT2D eigenvalue weighted by Crippen LogP contribution is 2.68. The third kappa shape index (κ3) is 2.99. The summed E-state index contributed by atoms with van der Waals surface area (Å²) in [5.74, 6) is 1.81. The number of hydrogen-bond donors (Lipinski definition) is 1. The zero-order chi connectivity index (χ0) is 22.1. The first-order valence-corrected chi connectivity index (χ1v) is 11.2. The average Bonchev–Trinajstić information content (AvgIpc) is 3.44. The van der Waals surface area contributed by atoms with Crippen LogP contribution in [0.1, 0.15) is 43.5 Å². The first kappa shape index (κ1) is 19.6. The number of fused-ring (bicyclic) bond motifs is 1. The van der Waals surface area contributed by atoms with E-state index in [4.69, 9.17) is 0 Å². The van der Waals surface area contributed by atoms with Crippen molar-refractivity contribution < 1.29 is 9.50 Å². The lowest BCUT2D eigenvalue weighted by atomic mass is 9.57. The zero-order valence-corrected chi connectivity index (χ0v) is 18.0. The Hall–Kier alpha value is -3.05. The highest BCUT2D eigenvalue weighted by Gasteiger charge is 2.61. The maximum Gasteiger partial charge on any atom is 0.159 e. The summed E-state index contributed by atoms with van der Waals surface area (Å²) >= 11 is 0. The van der Waals surface area contributed by atoms with E-state index in [9.17, 15) is 14.8 Å². The van der Waals surface area contributed by atoms with E-state index < -0.39 is 17.7 Å². The fourth-order valence-corrected chi connectivity index (χ4v) is 5.51. The second-order valence-corrected chi connectivity index (χ2v) is 9.83. The predicted molar refractivity (Wildman–Crippen MR) is 117 cm³/mol. The Morgan fingerprint density at radius 3 is 2.69 bits per heavy atom. The first-order chi connectivity index (χ1) is 15.4. The van der Waals surface area contributed by atoms with Crippen LogP contribution in [0.4, 0.5) is 10.2 Å². The molecule has 6 rings (SSSR count). The largest absolute Gasteiger partial charge is 0.390 e. The van der Waals surface area contributed by atoms with Gasteiger partial charge in [-0.1, -0.05) is 12.1 Å². The van der Waals surface area contributed by atoms with Gasteiger partial charge in [0, 0.05) is 18.0 Å². The number of nitriles is 1. The molecule has 0 radical (unpaired) electrons. The molecule has 2 atom stereocenters. The average molecular weight is 433 g/mol. The van der Waals surface area contributed by atoms with Crippen LogP contribution in [-0.4, -0.2) is 50.2 Å². The molecule has 1 aromatic carbocycles. The van der Waals surface area contributed by atoms with E-state index in [-0.39, 0.29) is 6.54 Å². The second kappa shape index (κ2) is 6.72. The molecule has 8 heteroatoms. The molecule has 3 fully saturated rings. The predicted octanol–water partition coefficient (Wildman–Crippen LogP) is 3.37. The Labute approximate surface area is 185 Å². The monoisotopic (exact) mass is 432 g/mol. The van der Waals surface area contributed by atoms with Crippen LogP contribution in [0.3, 0.4) is 0 Å². The van der Waals surface area contributed by atoms with Gasteiger partial charge in [-0.25, -0.2) is 19.0 Å². The molecule has 3 aromatic rings. The van der Waals surface area contributed by atoms with Gasteiger partial charge in [-0.05, 0) is 56.1 Å². The standard InChI is InChI=1S/C24H25FN6O/c1-15-28-21(30-7-4-20(32)18(25)11-30)9-22(29-15)31-19-8-17(3-2-16(19)10-27-31)24(14-26)12-23(13-24)5-6-23/h2-3,8-10,18,20,32H,4-7,11-13H2,1H3/t18-,20+/m0/s1. The lowest BCUT2D eigenvalue weighted by molar-refractivity contribution is 0.0613. The number of hydrogen-bond acceptors (Lipinski definition) is 6. The van der Waals surface area contributed by atoms with E-state index >= 15 is 0 Å². The summed E-state index contributed by atoms with van der Waals surface area (Å²) in [5.41, 5.74) is 1.95. The number of rotatable bonds is 3. The number of piperidine rings is 1. The number of halogens is 1. The Bertz CT molecular complexity index is 1250. The van der Waals surface area contributed by atoms with Crippen molar-refractivity contribution in [3.8, 4) is 11.9 Å². The van der Waals surface area contributed by atoms with Gasteiger partial charge in [-0.2, -0.15) is 10.4 Å². The van der Waals surface area contributed by atoms with Crippen molar-refractivity contribution in [2.75, 3.05) is 18.0 Å². The molecule has 0 unspecified atom stereocenters. The molecule has 1 saturated heterocycles. The molecule has 1 aliphatic heterocycles. The molecule has 3 aliphatic rings. The smallest absolute Gasteiger partial charge is 0.159 e. The Balaban J connectivity index is 1.38. The Morgan fingerprint density at radius 1 is 1.19 bits per heavy atom. The highest BCUT2D eigenvalue weighted by atomic mass is 19.1. The van der Waals surface area contributed by atoms with Gasteiger partial charge in [0.1, 0.15) is 17.8 Å². The normalized spacial score (nSPS) is 25.5. The summed E-state index contributed by atoms with van der Waals surface area (Å²) in [7, 11) is 0. The summed E-state index contributed by atoms with van der Waals surface area (Å²) in [6.45, 7) is 2.45. The molecule has 32 heavy (non-hydrogen) atoms. The second-order valence-electron chi connectivity index (χ2n) is 9.83. The highest BCUT2D eigenvalue weighted by molar-refractivity contribution is 5.81. The molecular weight excluding hydrogens is 407 g/mol. The van der Waals surface area contributed by atoms with Crippen LogP contribution >= 0.6 is 0 Å². The SMILES string of the molecule is Cc1nc(N2CC[C@@H](O)[C@@H](F)C2)cc(-n2ncc3ccc(C4(C#N)CC5(CC5)C4)cc32)n1. The summed E-state index contributed by atoms with van der Waals surface area (Å²) < 4.78 is 15.9. The first-order valence-electron chi connectivity index (χ1n) is 11.2. The van der Waals surface area contributed by atoms with Crippen molar-refractivity contribution in [1.29, 1.82) is 5.26 Å². The van der Waals surface area contributed by atoms with Gasteiger partial charge >= 0.3 is 0 Å². The van der Waals surface area contributed by atoms with Gasteiger partial charge < -0.3 is 10.0 Å². The van der Waals surface area contributed by atoms with Gasteiger partial charge in [0.15, 0.2) is 5.82 Å². The molecule has 164 valence electrons. The third-order valence-corrected chi connectivity index (χ3v) is 7.51. The molecule has 0 amide bonds. The summed E-state index contributed by atoms with van der Waals surface area (Å²) in [6.07, 6.45) is 4.32. The fourth-order valence-electron chi connectivity index (χ4n) is 5.51.